The quantitative estimate of drug-likeness (QED) is 0.0281. The Hall–Kier alpha value is -7.80. The van der Waals surface area contributed by atoms with Crippen LogP contribution in [0.4, 0.5) is 11.4 Å². The van der Waals surface area contributed by atoms with E-state index in [9.17, 15) is 38.4 Å². The zero-order valence-electron chi connectivity index (χ0n) is 44.8. The molecule has 4 rings (SSSR count). The van der Waals surface area contributed by atoms with Gasteiger partial charge in [0.1, 0.15) is 46.0 Å². The Kier molecular flexibility index (Phi) is 20.3. The number of carbonyl (C=O) groups is 8. The van der Waals surface area contributed by atoms with Gasteiger partial charge in [-0.05, 0) is 168 Å². The Bertz CT molecular complexity index is 2490. The van der Waals surface area contributed by atoms with E-state index in [0.29, 0.717) is 11.4 Å². The molecule has 0 aliphatic heterocycles. The van der Waals surface area contributed by atoms with Crippen molar-refractivity contribution in [1.29, 1.82) is 0 Å². The first-order valence-electron chi connectivity index (χ1n) is 24.2. The number of hydrogen-bond donors (Lipinski definition) is 2. The van der Waals surface area contributed by atoms with Crippen LogP contribution >= 0.6 is 0 Å². The Labute approximate surface area is 438 Å². The molecule has 0 aromatic heterocycles. The maximum atomic E-state index is 14.7. The van der Waals surface area contributed by atoms with Gasteiger partial charge in [0.2, 0.25) is 0 Å². The third-order valence-corrected chi connectivity index (χ3v) is 10.0. The first-order chi connectivity index (χ1) is 34.8. The molecule has 19 heteroatoms. The molecular weight excluding hydrogens is 969 g/mol. The largest absolute Gasteiger partial charge is 0.460 e. The summed E-state index contributed by atoms with van der Waals surface area (Å²) in [7, 11) is 0. The lowest BCUT2D eigenvalue weighted by molar-refractivity contribution is -0.168. The molecular formula is C56H70N4O15. The van der Waals surface area contributed by atoms with E-state index in [1.54, 1.807) is 83.1 Å². The van der Waals surface area contributed by atoms with E-state index in [2.05, 4.69) is 0 Å². The summed E-state index contributed by atoms with van der Waals surface area (Å²) in [5, 5.41) is 0. The van der Waals surface area contributed by atoms with Gasteiger partial charge in [-0.2, -0.15) is 0 Å². The second kappa shape index (κ2) is 25.4. The average molecular weight is 1040 g/mol. The van der Waals surface area contributed by atoms with E-state index in [0.717, 1.165) is 9.80 Å². The van der Waals surface area contributed by atoms with E-state index >= 15 is 0 Å². The number of amides is 2. The normalized spacial score (nSPS) is 12.5. The van der Waals surface area contributed by atoms with Crippen molar-refractivity contribution in [2.24, 2.45) is 0 Å². The van der Waals surface area contributed by atoms with Gasteiger partial charge in [-0.15, -0.1) is 0 Å². The summed E-state index contributed by atoms with van der Waals surface area (Å²) in [5.74, 6) is -6.60. The third-order valence-electron chi connectivity index (χ3n) is 10.0. The molecule has 0 heterocycles. The van der Waals surface area contributed by atoms with Gasteiger partial charge < -0.3 is 54.4 Å². The standard InChI is InChI=1S/C56H70N4O15/c1-53(2,3)72-45(61)33-43(51(67)74-55(7,8)9)59(47(63)37-15-13-17-41(31-37)70-49(65)35-19-23-39(57)24-20-35)27-29-69-30-28-60(44(52(68)75-56(10,11)12)34-46(62)73-54(4,5)6)48(64)38-16-14-18-42(32-38)71-50(66)36-21-25-40(58)26-22-36/h13-26,31-32,43-44H,27-30,33-34,57-58H2,1-12H3/t43-,44-/m0/s1. The number of nitrogens with two attached hydrogens (primary N) is 2. The van der Waals surface area contributed by atoms with Crippen LogP contribution in [0.5, 0.6) is 11.5 Å². The maximum absolute atomic E-state index is 14.7. The van der Waals surface area contributed by atoms with E-state index in [1.807, 2.05) is 0 Å². The van der Waals surface area contributed by atoms with Gasteiger partial charge in [-0.3, -0.25) is 19.2 Å². The van der Waals surface area contributed by atoms with Gasteiger partial charge >= 0.3 is 35.8 Å². The Balaban J connectivity index is 1.72. The van der Waals surface area contributed by atoms with Gasteiger partial charge in [-0.1, -0.05) is 12.1 Å². The van der Waals surface area contributed by atoms with Crippen molar-refractivity contribution < 1.29 is 71.5 Å². The number of rotatable bonds is 20. The summed E-state index contributed by atoms with van der Waals surface area (Å²) >= 11 is 0. The Morgan fingerprint density at radius 2 is 0.760 bits per heavy atom. The predicted octanol–water partition coefficient (Wildman–Crippen LogP) is 7.77. The van der Waals surface area contributed by atoms with Crippen LogP contribution < -0.4 is 20.9 Å². The minimum absolute atomic E-state index is 0.0129. The minimum atomic E-state index is -1.58. The van der Waals surface area contributed by atoms with E-state index in [4.69, 9.17) is 44.6 Å². The molecule has 4 N–H and O–H groups in total. The molecule has 0 unspecified atom stereocenters. The summed E-state index contributed by atoms with van der Waals surface area (Å²) in [5.41, 5.74) is 8.64. The van der Waals surface area contributed by atoms with Gasteiger partial charge in [0.05, 0.1) is 37.2 Å². The molecule has 0 spiro atoms. The van der Waals surface area contributed by atoms with Crippen molar-refractivity contribution in [2.75, 3.05) is 37.8 Å². The molecule has 0 fully saturated rings. The lowest BCUT2D eigenvalue weighted by Crippen LogP contribution is -2.51. The van der Waals surface area contributed by atoms with E-state index < -0.39 is 95.0 Å². The second-order valence-corrected chi connectivity index (χ2v) is 21.4. The SMILES string of the molecule is CC(C)(C)OC(=O)C[C@@H](C(=O)OC(C)(C)C)N(CCOCCN(C(=O)c1cccc(OC(=O)c2ccc(N)cc2)c1)[C@@H](CC(=O)OC(C)(C)C)C(=O)OC(C)(C)C)C(=O)c1cccc(OC(=O)c2ccc(N)cc2)c1. The number of hydrogen-bond acceptors (Lipinski definition) is 17. The highest BCUT2D eigenvalue weighted by atomic mass is 16.6. The number of anilines is 2. The van der Waals surface area contributed by atoms with Crippen molar-refractivity contribution in [3.63, 3.8) is 0 Å². The van der Waals surface area contributed by atoms with Crippen LogP contribution in [0.15, 0.2) is 97.1 Å². The molecule has 19 nitrogen and oxygen atoms in total. The monoisotopic (exact) mass is 1040 g/mol. The van der Waals surface area contributed by atoms with Gasteiger partial charge in [0, 0.05) is 35.6 Å². The Morgan fingerprint density at radius 1 is 0.440 bits per heavy atom. The molecule has 404 valence electrons. The second-order valence-electron chi connectivity index (χ2n) is 21.4. The third kappa shape index (κ3) is 20.2. The number of carbonyl (C=O) groups excluding carboxylic acids is 8. The maximum Gasteiger partial charge on any atom is 0.343 e. The fourth-order valence-corrected chi connectivity index (χ4v) is 6.98. The van der Waals surface area contributed by atoms with Gasteiger partial charge in [0.15, 0.2) is 0 Å². The number of esters is 6. The van der Waals surface area contributed by atoms with Crippen molar-refractivity contribution in [2.45, 2.75) is 130 Å². The van der Waals surface area contributed by atoms with Crippen LogP contribution in [0.1, 0.15) is 137 Å². The molecule has 0 aliphatic carbocycles. The molecule has 75 heavy (non-hydrogen) atoms. The predicted molar refractivity (Wildman–Crippen MR) is 278 cm³/mol. The molecule has 4 aromatic carbocycles. The van der Waals surface area contributed by atoms with Gasteiger partial charge in [0.25, 0.3) is 11.8 Å². The van der Waals surface area contributed by atoms with Crippen molar-refractivity contribution in [3.05, 3.63) is 119 Å². The zero-order valence-corrected chi connectivity index (χ0v) is 44.8. The highest BCUT2D eigenvalue weighted by Gasteiger charge is 2.39. The summed E-state index contributed by atoms with van der Waals surface area (Å²) in [6, 6.07) is 20.1. The minimum Gasteiger partial charge on any atom is -0.460 e. The highest BCUT2D eigenvalue weighted by Crippen LogP contribution is 2.25. The van der Waals surface area contributed by atoms with Crippen LogP contribution in [0.3, 0.4) is 0 Å². The van der Waals surface area contributed by atoms with Crippen molar-refractivity contribution >= 4 is 59.0 Å². The smallest absolute Gasteiger partial charge is 0.343 e. The fourth-order valence-electron chi connectivity index (χ4n) is 6.98. The van der Waals surface area contributed by atoms with Crippen molar-refractivity contribution in [3.8, 4) is 11.5 Å². The first kappa shape index (κ1) is 59.8. The molecule has 0 saturated carbocycles. The molecule has 0 aliphatic rings. The van der Waals surface area contributed by atoms with Crippen LogP contribution in [-0.4, -0.2) is 118 Å². The number of nitrogens with zero attached hydrogens (tertiary/aromatic N) is 2. The summed E-state index contributed by atoms with van der Waals surface area (Å²) < 4.78 is 39.9. The van der Waals surface area contributed by atoms with Crippen LogP contribution in [0.2, 0.25) is 0 Å². The highest BCUT2D eigenvalue weighted by molar-refractivity contribution is 6.00. The molecule has 0 saturated heterocycles. The number of nitrogen functional groups attached to an aromatic ring is 2. The molecule has 2 amide bonds. The lowest BCUT2D eigenvalue weighted by Gasteiger charge is -2.34. The number of ether oxygens (including phenoxy) is 7. The zero-order chi connectivity index (χ0) is 56.1. The van der Waals surface area contributed by atoms with Gasteiger partial charge in [-0.25, -0.2) is 19.2 Å². The topological polar surface area (TPSA) is 260 Å². The van der Waals surface area contributed by atoms with Crippen LogP contribution in [0.25, 0.3) is 0 Å². The average Bonchev–Trinajstić information content (AvgIpc) is 3.28. The summed E-state index contributed by atoms with van der Waals surface area (Å²) in [4.78, 5) is 113. The molecule has 0 radical (unpaired) electrons. The lowest BCUT2D eigenvalue weighted by atomic mass is 10.1. The first-order valence-corrected chi connectivity index (χ1v) is 24.2. The summed E-state index contributed by atoms with van der Waals surface area (Å²) in [6.07, 6.45) is -1.27. The van der Waals surface area contributed by atoms with E-state index in [1.165, 1.54) is 97.1 Å². The van der Waals surface area contributed by atoms with Crippen molar-refractivity contribution in [1.82, 2.24) is 9.80 Å². The van der Waals surface area contributed by atoms with E-state index in [-0.39, 0.29) is 60.1 Å². The molecule has 2 atom stereocenters. The summed E-state index contributed by atoms with van der Waals surface area (Å²) in [6.45, 7) is 18.2. The molecule has 0 bridgehead atoms. The fraction of sp³-hybridized carbons (Fsp3) is 0.429. The number of benzene rings is 4. The van der Waals surface area contributed by atoms with Crippen LogP contribution in [0, 0.1) is 0 Å². The Morgan fingerprint density at radius 3 is 1.07 bits per heavy atom. The van der Waals surface area contributed by atoms with Crippen LogP contribution in [-0.2, 0) is 42.9 Å². The molecule has 4 aromatic rings.